The Labute approximate surface area is 158 Å². The molecule has 0 aliphatic heterocycles. The summed E-state index contributed by atoms with van der Waals surface area (Å²) in [5, 5.41) is 1.76. The first-order chi connectivity index (χ1) is 13.0. The van der Waals surface area contributed by atoms with Gasteiger partial charge in [0.1, 0.15) is 5.76 Å². The summed E-state index contributed by atoms with van der Waals surface area (Å²) in [6, 6.07) is 9.43. The molecule has 0 radical (unpaired) electrons. The number of hydrogen-bond donors (Lipinski definition) is 0. The van der Waals surface area contributed by atoms with Crippen molar-refractivity contribution in [3.63, 3.8) is 0 Å². The highest BCUT2D eigenvalue weighted by Crippen LogP contribution is 2.31. The van der Waals surface area contributed by atoms with E-state index in [1.54, 1.807) is 13.0 Å². The third kappa shape index (κ3) is 4.20. The van der Waals surface area contributed by atoms with Crippen LogP contribution in [0.4, 0.5) is 0 Å². The summed E-state index contributed by atoms with van der Waals surface area (Å²) in [6.07, 6.45) is -0.0798. The first kappa shape index (κ1) is 20.2. The lowest BCUT2D eigenvalue weighted by Gasteiger charge is -2.25. The van der Waals surface area contributed by atoms with Gasteiger partial charge in [0.05, 0.1) is 14.2 Å². The third-order valence-electron chi connectivity index (χ3n) is 4.23. The van der Waals surface area contributed by atoms with Gasteiger partial charge in [-0.25, -0.2) is 0 Å². The molecule has 1 heterocycles. The molecule has 0 fully saturated rings. The van der Waals surface area contributed by atoms with E-state index >= 15 is 0 Å². The molecule has 0 saturated heterocycles. The fourth-order valence-corrected chi connectivity index (χ4v) is 2.91. The number of ether oxygens (including phenoxy) is 2. The Hall–Kier alpha value is -3.07. The summed E-state index contributed by atoms with van der Waals surface area (Å²) >= 11 is 0. The zero-order chi connectivity index (χ0) is 19.9. The van der Waals surface area contributed by atoms with E-state index < -0.39 is 17.4 Å². The lowest BCUT2D eigenvalue weighted by Crippen LogP contribution is -2.43. The van der Waals surface area contributed by atoms with Crippen LogP contribution < -0.4 is 5.55 Å². The number of methoxy groups -OCH3 is 2. The zero-order valence-corrected chi connectivity index (χ0v) is 16.0. The van der Waals surface area contributed by atoms with Gasteiger partial charge in [0.25, 0.3) is 0 Å². The van der Waals surface area contributed by atoms with E-state index in [2.05, 4.69) is 16.8 Å². The molecule has 6 nitrogen and oxygen atoms in total. The molecular weight excluding hydrogens is 346 g/mol. The van der Waals surface area contributed by atoms with Gasteiger partial charge in [-0.3, -0.25) is 14.6 Å². The number of carbonyl (C=O) groups excluding carboxylic acids is 2. The van der Waals surface area contributed by atoms with Crippen molar-refractivity contribution in [1.82, 2.24) is 0 Å². The molecule has 0 saturated carbocycles. The van der Waals surface area contributed by atoms with Crippen LogP contribution in [0.1, 0.15) is 26.0 Å². The minimum atomic E-state index is -1.61. The van der Waals surface area contributed by atoms with Crippen molar-refractivity contribution < 1.29 is 23.5 Å². The minimum absolute atomic E-state index is 0.0363. The molecule has 142 valence electrons. The van der Waals surface area contributed by atoms with Gasteiger partial charge < -0.3 is 13.9 Å². The highest BCUT2D eigenvalue weighted by atomic mass is 16.5. The molecule has 0 aliphatic rings. The number of benzene rings is 1. The maximum atomic E-state index is 12.6. The van der Waals surface area contributed by atoms with Crippen LogP contribution in [0.25, 0.3) is 10.8 Å². The highest BCUT2D eigenvalue weighted by Gasteiger charge is 2.49. The van der Waals surface area contributed by atoms with E-state index in [9.17, 15) is 9.59 Å². The molecule has 0 N–H and O–H groups in total. The molecule has 2 aromatic rings. The van der Waals surface area contributed by atoms with Crippen LogP contribution in [0.2, 0.25) is 0 Å². The Balaban J connectivity index is 2.66. The summed E-state index contributed by atoms with van der Waals surface area (Å²) < 4.78 is 15.7. The zero-order valence-electron chi connectivity index (χ0n) is 16.0. The predicted molar refractivity (Wildman–Crippen MR) is 101 cm³/mol. The summed E-state index contributed by atoms with van der Waals surface area (Å²) in [6.45, 7) is 4.08. The van der Waals surface area contributed by atoms with Crippen LogP contribution in [0.3, 0.4) is 0 Å². The molecular formula is C21H23NO5. The van der Waals surface area contributed by atoms with Crippen LogP contribution >= 0.6 is 0 Å². The highest BCUT2D eigenvalue weighted by molar-refractivity contribution is 6.00. The number of hydrogen-bond acceptors (Lipinski definition) is 6. The maximum Gasteiger partial charge on any atom is 0.324 e. The molecule has 0 bridgehead atoms. The molecule has 0 amide bonds. The van der Waals surface area contributed by atoms with Crippen LogP contribution in [0.15, 0.2) is 39.7 Å². The van der Waals surface area contributed by atoms with E-state index in [4.69, 9.17) is 13.9 Å². The lowest BCUT2D eigenvalue weighted by molar-refractivity contribution is -0.169. The second-order valence-corrected chi connectivity index (χ2v) is 5.93. The van der Waals surface area contributed by atoms with Crippen LogP contribution in [-0.4, -0.2) is 32.7 Å². The summed E-state index contributed by atoms with van der Waals surface area (Å²) in [7, 11) is 2.46. The van der Waals surface area contributed by atoms with Gasteiger partial charge in [-0.15, -0.1) is 11.8 Å². The summed E-state index contributed by atoms with van der Waals surface area (Å²) in [5.41, 5.74) is -1.15. The molecule has 0 atom stereocenters. The Morgan fingerprint density at radius 1 is 1.19 bits per heavy atom. The average Bonchev–Trinajstić information content (AvgIpc) is 2.70. The van der Waals surface area contributed by atoms with Crippen molar-refractivity contribution in [2.45, 2.75) is 26.7 Å². The van der Waals surface area contributed by atoms with Crippen molar-refractivity contribution in [2.75, 3.05) is 20.8 Å². The molecule has 2 rings (SSSR count). The monoisotopic (exact) mass is 369 g/mol. The topological polar surface area (TPSA) is 78.1 Å². The first-order valence-corrected chi connectivity index (χ1v) is 8.61. The quantitative estimate of drug-likeness (QED) is 0.444. The minimum Gasteiger partial charge on any atom is -0.468 e. The van der Waals surface area contributed by atoms with Gasteiger partial charge >= 0.3 is 11.9 Å². The Morgan fingerprint density at radius 3 is 2.44 bits per heavy atom. The van der Waals surface area contributed by atoms with Gasteiger partial charge in [0.15, 0.2) is 5.41 Å². The van der Waals surface area contributed by atoms with Crippen LogP contribution in [0, 0.1) is 17.3 Å². The Bertz CT molecular complexity index is 946. The lowest BCUT2D eigenvalue weighted by atomic mass is 9.80. The van der Waals surface area contributed by atoms with Crippen LogP contribution in [-0.2, 0) is 25.5 Å². The number of fused-ring (bicyclic) bond motifs is 1. The average molecular weight is 369 g/mol. The second-order valence-electron chi connectivity index (χ2n) is 5.93. The van der Waals surface area contributed by atoms with Crippen molar-refractivity contribution in [2.24, 2.45) is 10.4 Å². The van der Waals surface area contributed by atoms with E-state index in [1.807, 2.05) is 31.2 Å². The molecule has 1 aromatic heterocycles. The summed E-state index contributed by atoms with van der Waals surface area (Å²) in [5.74, 6) is 4.51. The van der Waals surface area contributed by atoms with Crippen molar-refractivity contribution in [1.29, 1.82) is 0 Å². The fourth-order valence-electron chi connectivity index (χ4n) is 2.91. The normalized spacial score (nSPS) is 11.6. The van der Waals surface area contributed by atoms with E-state index in [0.717, 1.165) is 10.8 Å². The molecule has 27 heavy (non-hydrogen) atoms. The van der Waals surface area contributed by atoms with E-state index in [1.165, 1.54) is 14.2 Å². The number of esters is 2. The third-order valence-corrected chi connectivity index (χ3v) is 4.23. The standard InChI is InChI=1S/C21H23NO5/c1-5-7-12-21(19(23)25-3,20(24)26-4)14-16-13-15-10-8-9-11-17(15)18(27-16)22-6-2/h8-11,13H,6,12,14H2,1-4H3. The van der Waals surface area contributed by atoms with Crippen molar-refractivity contribution in [3.8, 4) is 11.8 Å². The van der Waals surface area contributed by atoms with Gasteiger partial charge in [0.2, 0.25) is 5.55 Å². The largest absolute Gasteiger partial charge is 0.468 e. The second kappa shape index (κ2) is 9.04. The van der Waals surface area contributed by atoms with E-state index in [-0.39, 0.29) is 12.8 Å². The predicted octanol–water partition coefficient (Wildman–Crippen LogP) is 2.64. The number of rotatable bonds is 6. The fraction of sp³-hybridized carbons (Fsp3) is 0.381. The van der Waals surface area contributed by atoms with Crippen LogP contribution in [0.5, 0.6) is 0 Å². The van der Waals surface area contributed by atoms with Gasteiger partial charge in [0, 0.05) is 24.8 Å². The molecule has 6 heteroatoms. The SMILES string of the molecule is CC#CCC(Cc1cc2ccccc2c(=NCC)o1)(C(=O)OC)C(=O)OC. The molecule has 0 unspecified atom stereocenters. The molecule has 0 aliphatic carbocycles. The van der Waals surface area contributed by atoms with Crippen molar-refractivity contribution >= 4 is 22.7 Å². The van der Waals surface area contributed by atoms with E-state index in [0.29, 0.717) is 17.9 Å². The summed E-state index contributed by atoms with van der Waals surface area (Å²) in [4.78, 5) is 29.5. The van der Waals surface area contributed by atoms with Gasteiger partial charge in [-0.05, 0) is 31.4 Å². The number of nitrogens with zero attached hydrogens (tertiary/aromatic N) is 1. The molecule has 1 aromatic carbocycles. The van der Waals surface area contributed by atoms with Crippen molar-refractivity contribution in [3.05, 3.63) is 41.6 Å². The Morgan fingerprint density at radius 2 is 1.85 bits per heavy atom. The van der Waals surface area contributed by atoms with Gasteiger partial charge in [-0.2, -0.15) is 0 Å². The number of carbonyl (C=O) groups is 2. The van der Waals surface area contributed by atoms with Gasteiger partial charge in [-0.1, -0.05) is 18.2 Å². The first-order valence-electron chi connectivity index (χ1n) is 8.61. The molecule has 0 spiro atoms. The maximum absolute atomic E-state index is 12.6. The Kier molecular flexibility index (Phi) is 6.78. The smallest absolute Gasteiger partial charge is 0.324 e.